The summed E-state index contributed by atoms with van der Waals surface area (Å²) in [5.41, 5.74) is 2.25. The average Bonchev–Trinajstić information content (AvgIpc) is 2.43. The summed E-state index contributed by atoms with van der Waals surface area (Å²) in [5.74, 6) is 0.539. The van der Waals surface area contributed by atoms with Gasteiger partial charge in [-0.25, -0.2) is 0 Å². The van der Waals surface area contributed by atoms with Gasteiger partial charge in [-0.3, -0.25) is 4.98 Å². The number of rotatable bonds is 6. The minimum absolute atomic E-state index is 0.170. The molecule has 1 aromatic heterocycles. The maximum atomic E-state index is 5.88. The first-order valence-electron chi connectivity index (χ1n) is 5.96. The van der Waals surface area contributed by atoms with Crippen molar-refractivity contribution in [1.82, 2.24) is 10.3 Å². The smallest absolute Gasteiger partial charge is 0.0705 e. The Morgan fingerprint density at radius 3 is 2.94 bits per heavy atom. The SMILES string of the molecule is COCC(CCl)NCc1ccnc2ccccc12. The number of methoxy groups -OCH3 is 1. The van der Waals surface area contributed by atoms with Gasteiger partial charge in [0.15, 0.2) is 0 Å². The van der Waals surface area contributed by atoms with E-state index >= 15 is 0 Å². The summed E-state index contributed by atoms with van der Waals surface area (Å²) in [6, 6.07) is 10.3. The molecular weight excluding hydrogens is 248 g/mol. The number of nitrogens with one attached hydrogen (secondary N) is 1. The summed E-state index contributed by atoms with van der Waals surface area (Å²) in [4.78, 5) is 4.35. The van der Waals surface area contributed by atoms with E-state index in [2.05, 4.69) is 16.4 Å². The van der Waals surface area contributed by atoms with Crippen molar-refractivity contribution in [1.29, 1.82) is 0 Å². The van der Waals surface area contributed by atoms with E-state index in [0.29, 0.717) is 12.5 Å². The van der Waals surface area contributed by atoms with Crippen molar-refractivity contribution >= 4 is 22.5 Å². The van der Waals surface area contributed by atoms with Gasteiger partial charge < -0.3 is 10.1 Å². The van der Waals surface area contributed by atoms with Crippen molar-refractivity contribution in [3.05, 3.63) is 42.1 Å². The second-order valence-electron chi connectivity index (χ2n) is 4.17. The van der Waals surface area contributed by atoms with Gasteiger partial charge >= 0.3 is 0 Å². The Hall–Kier alpha value is -1.16. The molecule has 0 radical (unpaired) electrons. The molecule has 18 heavy (non-hydrogen) atoms. The number of alkyl halides is 1. The number of hydrogen-bond donors (Lipinski definition) is 1. The van der Waals surface area contributed by atoms with Crippen LogP contribution in [-0.2, 0) is 11.3 Å². The summed E-state index contributed by atoms with van der Waals surface area (Å²) in [6.07, 6.45) is 1.84. The van der Waals surface area contributed by atoms with Crippen molar-refractivity contribution in [2.45, 2.75) is 12.6 Å². The summed E-state index contributed by atoms with van der Waals surface area (Å²) in [5, 5.41) is 4.57. The molecule has 4 heteroatoms. The van der Waals surface area contributed by atoms with Gasteiger partial charge in [-0.2, -0.15) is 0 Å². The zero-order chi connectivity index (χ0) is 12.8. The van der Waals surface area contributed by atoms with E-state index in [-0.39, 0.29) is 6.04 Å². The lowest BCUT2D eigenvalue weighted by atomic mass is 10.1. The van der Waals surface area contributed by atoms with Crippen molar-refractivity contribution in [2.75, 3.05) is 19.6 Å². The summed E-state index contributed by atoms with van der Waals surface area (Å²) < 4.78 is 5.11. The lowest BCUT2D eigenvalue weighted by Gasteiger charge is -2.15. The molecule has 0 aliphatic heterocycles. The largest absolute Gasteiger partial charge is 0.383 e. The predicted molar refractivity (Wildman–Crippen MR) is 75.0 cm³/mol. The minimum atomic E-state index is 0.170. The molecular formula is C14H17ClN2O. The lowest BCUT2D eigenvalue weighted by molar-refractivity contribution is 0.173. The first-order valence-corrected chi connectivity index (χ1v) is 6.49. The van der Waals surface area contributed by atoms with E-state index in [9.17, 15) is 0 Å². The van der Waals surface area contributed by atoms with Crippen LogP contribution in [0.3, 0.4) is 0 Å². The van der Waals surface area contributed by atoms with Gasteiger partial charge in [0.1, 0.15) is 0 Å². The van der Waals surface area contributed by atoms with E-state index in [1.807, 2.05) is 30.5 Å². The zero-order valence-electron chi connectivity index (χ0n) is 10.4. The van der Waals surface area contributed by atoms with Crippen molar-refractivity contribution < 1.29 is 4.74 Å². The van der Waals surface area contributed by atoms with Crippen molar-refractivity contribution in [3.8, 4) is 0 Å². The molecule has 0 spiro atoms. The number of para-hydroxylation sites is 1. The summed E-state index contributed by atoms with van der Waals surface area (Å²) >= 11 is 5.88. The standard InChI is InChI=1S/C14H17ClN2O/c1-18-10-12(8-15)17-9-11-6-7-16-14-5-3-2-4-13(11)14/h2-7,12,17H,8-10H2,1H3. The van der Waals surface area contributed by atoms with Crippen LogP contribution in [0.4, 0.5) is 0 Å². The number of hydrogen-bond acceptors (Lipinski definition) is 3. The molecule has 0 fully saturated rings. The van der Waals surface area contributed by atoms with Gasteiger partial charge in [0.2, 0.25) is 0 Å². The highest BCUT2D eigenvalue weighted by atomic mass is 35.5. The number of nitrogens with zero attached hydrogens (tertiary/aromatic N) is 1. The topological polar surface area (TPSA) is 34.1 Å². The highest BCUT2D eigenvalue weighted by molar-refractivity contribution is 6.18. The first-order chi connectivity index (χ1) is 8.85. The molecule has 1 atom stereocenters. The van der Waals surface area contributed by atoms with Crippen LogP contribution in [0.1, 0.15) is 5.56 Å². The second-order valence-corrected chi connectivity index (χ2v) is 4.48. The van der Waals surface area contributed by atoms with Crippen LogP contribution in [0.5, 0.6) is 0 Å². The fourth-order valence-electron chi connectivity index (χ4n) is 1.92. The Morgan fingerprint density at radius 1 is 1.33 bits per heavy atom. The van der Waals surface area contributed by atoms with Crippen LogP contribution in [0, 0.1) is 0 Å². The number of pyridine rings is 1. The summed E-state index contributed by atoms with van der Waals surface area (Å²) in [7, 11) is 1.68. The molecule has 3 nitrogen and oxygen atoms in total. The Kier molecular flexibility index (Phi) is 4.93. The van der Waals surface area contributed by atoms with Gasteiger partial charge in [-0.1, -0.05) is 18.2 Å². The van der Waals surface area contributed by atoms with E-state index in [4.69, 9.17) is 16.3 Å². The lowest BCUT2D eigenvalue weighted by Crippen LogP contribution is -2.34. The molecule has 0 saturated heterocycles. The molecule has 1 aromatic carbocycles. The molecule has 96 valence electrons. The molecule has 0 bridgehead atoms. The van der Waals surface area contributed by atoms with Crippen molar-refractivity contribution in [3.63, 3.8) is 0 Å². The maximum absolute atomic E-state index is 5.88. The number of ether oxygens (including phenoxy) is 1. The van der Waals surface area contributed by atoms with Gasteiger partial charge in [0.25, 0.3) is 0 Å². The second kappa shape index (κ2) is 6.69. The molecule has 1 N–H and O–H groups in total. The fraction of sp³-hybridized carbons (Fsp3) is 0.357. The average molecular weight is 265 g/mol. The molecule has 0 saturated carbocycles. The maximum Gasteiger partial charge on any atom is 0.0705 e. The van der Waals surface area contributed by atoms with Crippen LogP contribution in [-0.4, -0.2) is 30.6 Å². The Balaban J connectivity index is 2.11. The number of fused-ring (bicyclic) bond motifs is 1. The predicted octanol–water partition coefficient (Wildman–Crippen LogP) is 2.58. The molecule has 1 heterocycles. The number of benzene rings is 1. The van der Waals surface area contributed by atoms with E-state index in [1.54, 1.807) is 7.11 Å². The quantitative estimate of drug-likeness (QED) is 0.815. The Bertz CT molecular complexity index is 499. The van der Waals surface area contributed by atoms with Gasteiger partial charge in [0, 0.05) is 37.2 Å². The normalized spacial score (nSPS) is 12.8. The van der Waals surface area contributed by atoms with Crippen LogP contribution in [0.25, 0.3) is 10.9 Å². The first kappa shape index (κ1) is 13.3. The van der Waals surface area contributed by atoms with Gasteiger partial charge in [-0.15, -0.1) is 11.6 Å². The Labute approximate surface area is 112 Å². The van der Waals surface area contributed by atoms with E-state index < -0.39 is 0 Å². The van der Waals surface area contributed by atoms with E-state index in [0.717, 1.165) is 12.1 Å². The fourth-order valence-corrected chi connectivity index (χ4v) is 2.12. The Morgan fingerprint density at radius 2 is 2.17 bits per heavy atom. The zero-order valence-corrected chi connectivity index (χ0v) is 11.2. The molecule has 0 aliphatic carbocycles. The third-order valence-corrected chi connectivity index (χ3v) is 3.25. The van der Waals surface area contributed by atoms with Gasteiger partial charge in [0.05, 0.1) is 12.1 Å². The van der Waals surface area contributed by atoms with Crippen LogP contribution in [0.15, 0.2) is 36.5 Å². The van der Waals surface area contributed by atoms with Crippen LogP contribution < -0.4 is 5.32 Å². The number of aromatic nitrogens is 1. The molecule has 2 aromatic rings. The highest BCUT2D eigenvalue weighted by Gasteiger charge is 2.07. The third kappa shape index (κ3) is 3.19. The van der Waals surface area contributed by atoms with Crippen LogP contribution in [0.2, 0.25) is 0 Å². The third-order valence-electron chi connectivity index (χ3n) is 2.87. The van der Waals surface area contributed by atoms with Crippen LogP contribution >= 0.6 is 11.6 Å². The summed E-state index contributed by atoms with van der Waals surface area (Å²) in [6.45, 7) is 1.39. The monoisotopic (exact) mass is 264 g/mol. The van der Waals surface area contributed by atoms with Gasteiger partial charge in [-0.05, 0) is 17.7 Å². The number of halogens is 1. The van der Waals surface area contributed by atoms with E-state index in [1.165, 1.54) is 10.9 Å². The molecule has 0 amide bonds. The highest BCUT2D eigenvalue weighted by Crippen LogP contribution is 2.15. The molecule has 1 unspecified atom stereocenters. The molecule has 2 rings (SSSR count). The minimum Gasteiger partial charge on any atom is -0.383 e. The van der Waals surface area contributed by atoms with Crippen molar-refractivity contribution in [2.24, 2.45) is 0 Å². The molecule has 0 aliphatic rings.